The van der Waals surface area contributed by atoms with Crippen molar-refractivity contribution in [3.05, 3.63) is 27.4 Å². The first-order chi connectivity index (χ1) is 6.00. The molecule has 1 aromatic carbocycles. The van der Waals surface area contributed by atoms with E-state index in [0.717, 1.165) is 6.07 Å². The molecule has 0 atom stereocenters. The molecule has 0 radical (unpaired) electrons. The Balaban J connectivity index is 3.06. The summed E-state index contributed by atoms with van der Waals surface area (Å²) in [6.45, 7) is -3.06. The van der Waals surface area contributed by atoms with E-state index in [1.165, 1.54) is 6.07 Å². The number of rotatable bonds is 2. The summed E-state index contributed by atoms with van der Waals surface area (Å²) in [6.07, 6.45) is 0. The lowest BCUT2D eigenvalue weighted by molar-refractivity contribution is -0.0527. The monoisotopic (exact) mass is 274 g/mol. The van der Waals surface area contributed by atoms with Crippen LogP contribution in [0.4, 0.5) is 13.2 Å². The molecular weight excluding hydrogens is 272 g/mol. The summed E-state index contributed by atoms with van der Waals surface area (Å²) in [7, 11) is 0. The van der Waals surface area contributed by atoms with Crippen molar-refractivity contribution in [3.63, 3.8) is 0 Å². The molecule has 6 heteroatoms. The number of hydrogen-bond donors (Lipinski definition) is 0. The van der Waals surface area contributed by atoms with Gasteiger partial charge in [-0.1, -0.05) is 11.6 Å². The van der Waals surface area contributed by atoms with Crippen LogP contribution in [0.15, 0.2) is 16.6 Å². The fourth-order valence-electron chi connectivity index (χ4n) is 0.731. The second-order valence-corrected chi connectivity index (χ2v) is 3.37. The number of halogens is 5. The first-order valence-electron chi connectivity index (χ1n) is 3.10. The van der Waals surface area contributed by atoms with Gasteiger partial charge in [0.25, 0.3) is 0 Å². The highest BCUT2D eigenvalue weighted by Crippen LogP contribution is 2.32. The molecule has 0 aliphatic carbocycles. The molecule has 0 unspecified atom stereocenters. The second kappa shape index (κ2) is 4.19. The van der Waals surface area contributed by atoms with Crippen LogP contribution in [-0.4, -0.2) is 6.61 Å². The van der Waals surface area contributed by atoms with Gasteiger partial charge in [-0.15, -0.1) is 0 Å². The van der Waals surface area contributed by atoms with Gasteiger partial charge in [-0.25, -0.2) is 4.39 Å². The lowest BCUT2D eigenvalue weighted by atomic mass is 10.3. The Morgan fingerprint density at radius 3 is 2.46 bits per heavy atom. The van der Waals surface area contributed by atoms with E-state index in [1.807, 2.05) is 0 Å². The molecule has 0 aliphatic heterocycles. The van der Waals surface area contributed by atoms with E-state index in [0.29, 0.717) is 0 Å². The van der Waals surface area contributed by atoms with Gasteiger partial charge in [-0.3, -0.25) is 0 Å². The van der Waals surface area contributed by atoms with E-state index < -0.39 is 18.2 Å². The van der Waals surface area contributed by atoms with Crippen molar-refractivity contribution in [3.8, 4) is 5.75 Å². The lowest BCUT2D eigenvalue weighted by Gasteiger charge is -2.07. The SMILES string of the molecule is Fc1cc(Cl)cc(Br)c1OC(F)F. The van der Waals surface area contributed by atoms with E-state index in [2.05, 4.69) is 20.7 Å². The van der Waals surface area contributed by atoms with Crippen molar-refractivity contribution in [2.24, 2.45) is 0 Å². The zero-order chi connectivity index (χ0) is 10.0. The Hall–Kier alpha value is -0.420. The number of alkyl halides is 2. The summed E-state index contributed by atoms with van der Waals surface area (Å²) in [4.78, 5) is 0. The molecule has 0 saturated carbocycles. The van der Waals surface area contributed by atoms with E-state index in [1.54, 1.807) is 0 Å². The summed E-state index contributed by atoms with van der Waals surface area (Å²) in [5, 5.41) is 0.103. The van der Waals surface area contributed by atoms with Crippen LogP contribution in [0, 0.1) is 5.82 Å². The van der Waals surface area contributed by atoms with Gasteiger partial charge >= 0.3 is 6.61 Å². The second-order valence-electron chi connectivity index (χ2n) is 2.08. The Bertz CT molecular complexity index is 296. The zero-order valence-electron chi connectivity index (χ0n) is 6.03. The third-order valence-corrected chi connectivity index (χ3v) is 1.98. The molecule has 0 spiro atoms. The van der Waals surface area contributed by atoms with Crippen molar-refractivity contribution in [2.45, 2.75) is 6.61 Å². The van der Waals surface area contributed by atoms with Gasteiger partial charge in [-0.2, -0.15) is 8.78 Å². The maximum absolute atomic E-state index is 12.9. The van der Waals surface area contributed by atoms with Crippen molar-refractivity contribution < 1.29 is 17.9 Å². The number of hydrogen-bond acceptors (Lipinski definition) is 1. The maximum atomic E-state index is 12.9. The maximum Gasteiger partial charge on any atom is 0.387 e. The zero-order valence-corrected chi connectivity index (χ0v) is 8.37. The van der Waals surface area contributed by atoms with Crippen molar-refractivity contribution in [1.82, 2.24) is 0 Å². The van der Waals surface area contributed by atoms with Gasteiger partial charge in [0, 0.05) is 5.02 Å². The molecule has 0 N–H and O–H groups in total. The summed E-state index contributed by atoms with van der Waals surface area (Å²) < 4.78 is 40.3. The van der Waals surface area contributed by atoms with E-state index in [4.69, 9.17) is 11.6 Å². The highest BCUT2D eigenvalue weighted by atomic mass is 79.9. The van der Waals surface area contributed by atoms with Gasteiger partial charge in [0.15, 0.2) is 11.6 Å². The molecule has 1 nitrogen and oxygen atoms in total. The fraction of sp³-hybridized carbons (Fsp3) is 0.143. The molecule has 0 bridgehead atoms. The van der Waals surface area contributed by atoms with Gasteiger partial charge in [-0.05, 0) is 28.1 Å². The fourth-order valence-corrected chi connectivity index (χ4v) is 1.60. The van der Waals surface area contributed by atoms with E-state index in [-0.39, 0.29) is 9.50 Å². The first-order valence-corrected chi connectivity index (χ1v) is 4.27. The van der Waals surface area contributed by atoms with Crippen LogP contribution in [0.25, 0.3) is 0 Å². The molecule has 1 rings (SSSR count). The molecule has 0 saturated heterocycles. The van der Waals surface area contributed by atoms with Crippen LogP contribution < -0.4 is 4.74 Å². The smallest absolute Gasteiger partial charge is 0.387 e. The van der Waals surface area contributed by atoms with Gasteiger partial charge in [0.2, 0.25) is 0 Å². The molecule has 1 aromatic rings. The van der Waals surface area contributed by atoms with Gasteiger partial charge in [0.05, 0.1) is 4.47 Å². The summed E-state index contributed by atoms with van der Waals surface area (Å²) in [5.41, 5.74) is 0. The van der Waals surface area contributed by atoms with Crippen LogP contribution >= 0.6 is 27.5 Å². The summed E-state index contributed by atoms with van der Waals surface area (Å²) in [5.74, 6) is -1.47. The third-order valence-electron chi connectivity index (χ3n) is 1.17. The van der Waals surface area contributed by atoms with Crippen LogP contribution in [0.2, 0.25) is 5.02 Å². The molecule has 0 aromatic heterocycles. The lowest BCUT2D eigenvalue weighted by Crippen LogP contribution is -2.04. The Labute approximate surface area is 85.6 Å². The molecule has 72 valence electrons. The summed E-state index contributed by atoms with van der Waals surface area (Å²) >= 11 is 8.29. The van der Waals surface area contributed by atoms with Crippen LogP contribution in [0.3, 0.4) is 0 Å². The Kier molecular flexibility index (Phi) is 3.44. The molecule has 13 heavy (non-hydrogen) atoms. The van der Waals surface area contributed by atoms with Crippen molar-refractivity contribution in [2.75, 3.05) is 0 Å². The normalized spacial score (nSPS) is 10.6. The van der Waals surface area contributed by atoms with E-state index >= 15 is 0 Å². The Morgan fingerprint density at radius 2 is 2.00 bits per heavy atom. The van der Waals surface area contributed by atoms with Crippen LogP contribution in [0.5, 0.6) is 5.75 Å². The minimum absolute atomic E-state index is 0.0535. The minimum atomic E-state index is -3.06. The quantitative estimate of drug-likeness (QED) is 0.797. The topological polar surface area (TPSA) is 9.23 Å². The average molecular weight is 275 g/mol. The van der Waals surface area contributed by atoms with Crippen molar-refractivity contribution in [1.29, 1.82) is 0 Å². The predicted octanol–water partition coefficient (Wildman–Crippen LogP) is 3.84. The molecular formula is C7H3BrClF3O. The summed E-state index contributed by atoms with van der Waals surface area (Å²) in [6, 6.07) is 2.16. The number of benzene rings is 1. The van der Waals surface area contributed by atoms with E-state index in [9.17, 15) is 13.2 Å². The molecule has 0 amide bonds. The highest BCUT2D eigenvalue weighted by Gasteiger charge is 2.14. The van der Waals surface area contributed by atoms with Crippen LogP contribution in [-0.2, 0) is 0 Å². The molecule has 0 aliphatic rings. The highest BCUT2D eigenvalue weighted by molar-refractivity contribution is 9.10. The minimum Gasteiger partial charge on any atom is -0.430 e. The number of ether oxygens (including phenoxy) is 1. The molecule has 0 heterocycles. The largest absolute Gasteiger partial charge is 0.430 e. The van der Waals surface area contributed by atoms with Gasteiger partial charge < -0.3 is 4.74 Å². The standard InChI is InChI=1S/C7H3BrClF3O/c8-4-1-3(9)2-5(10)6(4)13-7(11)12/h1-2,7H. The van der Waals surface area contributed by atoms with Crippen LogP contribution in [0.1, 0.15) is 0 Å². The first kappa shape index (κ1) is 10.7. The Morgan fingerprint density at radius 1 is 1.38 bits per heavy atom. The third kappa shape index (κ3) is 2.77. The van der Waals surface area contributed by atoms with Gasteiger partial charge in [0.1, 0.15) is 0 Å². The predicted molar refractivity (Wildman–Crippen MR) is 45.7 cm³/mol. The van der Waals surface area contributed by atoms with Crippen molar-refractivity contribution >= 4 is 27.5 Å². The average Bonchev–Trinajstić information content (AvgIpc) is 1.96. The molecule has 0 fully saturated rings.